The van der Waals surface area contributed by atoms with E-state index in [1.807, 2.05) is 43.5 Å². The number of aromatic nitrogens is 3. The van der Waals surface area contributed by atoms with Crippen LogP contribution in [-0.4, -0.2) is 31.9 Å². The molecule has 180 valence electrons. The summed E-state index contributed by atoms with van der Waals surface area (Å²) in [4.78, 5) is 32.2. The number of hydrogen-bond acceptors (Lipinski definition) is 4. The van der Waals surface area contributed by atoms with E-state index >= 15 is 0 Å². The summed E-state index contributed by atoms with van der Waals surface area (Å²) in [5.74, 6) is 0. The van der Waals surface area contributed by atoms with Gasteiger partial charge in [0, 0.05) is 47.1 Å². The maximum absolute atomic E-state index is 13.5. The smallest absolute Gasteiger partial charge is 0.280 e. The molecule has 0 aliphatic heterocycles. The number of nitrogens with one attached hydrogen (secondary N) is 2. The quantitative estimate of drug-likeness (QED) is 0.181. The van der Waals surface area contributed by atoms with E-state index in [1.54, 1.807) is 12.1 Å². The van der Waals surface area contributed by atoms with Gasteiger partial charge in [-0.05, 0) is 50.1 Å². The third-order valence-corrected chi connectivity index (χ3v) is 6.29. The number of hydrogen-bond donors (Lipinski definition) is 2. The maximum Gasteiger partial charge on any atom is 0.280 e. The van der Waals surface area contributed by atoms with E-state index in [-0.39, 0.29) is 11.2 Å². The highest BCUT2D eigenvalue weighted by Gasteiger charge is 2.19. The van der Waals surface area contributed by atoms with Gasteiger partial charge >= 0.3 is 0 Å². The van der Waals surface area contributed by atoms with E-state index in [1.165, 1.54) is 33.3 Å². The highest BCUT2D eigenvalue weighted by molar-refractivity contribution is 6.03. The molecule has 0 atom stereocenters. The van der Waals surface area contributed by atoms with Gasteiger partial charge in [-0.3, -0.25) is 25.0 Å². The normalized spacial score (nSPS) is 11.8. The Hall–Kier alpha value is -4.72. The third-order valence-electron chi connectivity index (χ3n) is 6.29. The maximum atomic E-state index is 13.5. The number of non-ortho nitro benzene ring substituents is 1. The average Bonchev–Trinajstić information content (AvgIpc) is 3.45. The van der Waals surface area contributed by atoms with Crippen LogP contribution in [0.3, 0.4) is 0 Å². The van der Waals surface area contributed by atoms with Crippen molar-refractivity contribution < 1.29 is 4.92 Å². The van der Waals surface area contributed by atoms with Crippen molar-refractivity contribution in [1.82, 2.24) is 14.8 Å². The molecule has 2 N–H and O–H groups in total. The van der Waals surface area contributed by atoms with E-state index in [0.29, 0.717) is 29.2 Å². The van der Waals surface area contributed by atoms with Crippen LogP contribution in [-0.2, 0) is 6.42 Å². The molecule has 0 spiro atoms. The Morgan fingerprint density at radius 2 is 1.81 bits per heavy atom. The Morgan fingerprint density at radius 1 is 1.06 bits per heavy atom. The second-order valence-electron chi connectivity index (χ2n) is 8.72. The van der Waals surface area contributed by atoms with Crippen molar-refractivity contribution in [2.75, 3.05) is 6.54 Å². The summed E-state index contributed by atoms with van der Waals surface area (Å²) in [6.07, 6.45) is 2.75. The summed E-state index contributed by atoms with van der Waals surface area (Å²) < 4.78 is 1.41. The number of aromatic amines is 2. The lowest BCUT2D eigenvalue weighted by atomic mass is 10.0. The van der Waals surface area contributed by atoms with Crippen LogP contribution >= 0.6 is 0 Å². The number of nitro benzene ring substituents is 1. The fourth-order valence-corrected chi connectivity index (χ4v) is 4.41. The van der Waals surface area contributed by atoms with Gasteiger partial charge in [0.15, 0.2) is 0 Å². The third kappa shape index (κ3) is 4.36. The highest BCUT2D eigenvalue weighted by Crippen LogP contribution is 2.23. The molecule has 0 saturated carbocycles. The molecule has 0 saturated heterocycles. The molecule has 8 nitrogen and oxygen atoms in total. The summed E-state index contributed by atoms with van der Waals surface area (Å²) in [7, 11) is 0. The number of rotatable bonds is 7. The molecule has 8 heteroatoms. The highest BCUT2D eigenvalue weighted by atomic mass is 16.6. The van der Waals surface area contributed by atoms with E-state index in [2.05, 4.69) is 35.2 Å². The standard InChI is InChI=1S/C28H25N5O3/c1-18-8-13-25-24(16-18)21(17-30-25)14-15-29-19(2)26-27(20-6-4-3-5-7-20)31-32(28(26)34)22-9-11-23(12-10-22)33(35)36/h3-13,16-17,30-31H,14-15H2,1-2H3. The lowest BCUT2D eigenvalue weighted by Gasteiger charge is -2.03. The van der Waals surface area contributed by atoms with Crippen LogP contribution in [0.5, 0.6) is 0 Å². The number of fused-ring (bicyclic) bond motifs is 1. The molecule has 2 aromatic heterocycles. The first-order chi connectivity index (χ1) is 17.4. The predicted molar refractivity (Wildman–Crippen MR) is 142 cm³/mol. The van der Waals surface area contributed by atoms with Crippen LogP contribution in [0.25, 0.3) is 27.8 Å². The lowest BCUT2D eigenvalue weighted by Crippen LogP contribution is -2.20. The fraction of sp³-hybridized carbons (Fsp3) is 0.143. The Balaban J connectivity index is 1.50. The number of H-pyrrole nitrogens is 2. The second kappa shape index (κ2) is 9.50. The van der Waals surface area contributed by atoms with Crippen molar-refractivity contribution in [1.29, 1.82) is 0 Å². The molecule has 0 aliphatic rings. The summed E-state index contributed by atoms with van der Waals surface area (Å²) >= 11 is 0. The molecule has 2 heterocycles. The van der Waals surface area contributed by atoms with Gasteiger partial charge in [-0.25, -0.2) is 4.68 Å². The van der Waals surface area contributed by atoms with Crippen LogP contribution < -0.4 is 5.56 Å². The van der Waals surface area contributed by atoms with Gasteiger partial charge in [-0.2, -0.15) is 0 Å². The first kappa shape index (κ1) is 23.0. The first-order valence-corrected chi connectivity index (χ1v) is 11.7. The summed E-state index contributed by atoms with van der Waals surface area (Å²) in [6, 6.07) is 21.8. The van der Waals surface area contributed by atoms with Gasteiger partial charge in [-0.15, -0.1) is 0 Å². The van der Waals surface area contributed by atoms with Gasteiger partial charge in [0.05, 0.1) is 21.9 Å². The Morgan fingerprint density at radius 3 is 2.53 bits per heavy atom. The fourth-order valence-electron chi connectivity index (χ4n) is 4.41. The van der Waals surface area contributed by atoms with E-state index in [4.69, 9.17) is 4.99 Å². The van der Waals surface area contributed by atoms with Gasteiger partial charge in [0.1, 0.15) is 0 Å². The number of nitro groups is 1. The average molecular weight is 480 g/mol. The van der Waals surface area contributed by atoms with Gasteiger partial charge in [0.2, 0.25) is 0 Å². The minimum Gasteiger partial charge on any atom is -0.361 e. The Bertz CT molecular complexity index is 1640. The molecule has 0 amide bonds. The van der Waals surface area contributed by atoms with E-state index in [0.717, 1.165) is 17.5 Å². The van der Waals surface area contributed by atoms with E-state index < -0.39 is 4.92 Å². The van der Waals surface area contributed by atoms with Crippen molar-refractivity contribution >= 4 is 22.3 Å². The molecule has 0 aliphatic carbocycles. The summed E-state index contributed by atoms with van der Waals surface area (Å²) in [6.45, 7) is 4.45. The summed E-state index contributed by atoms with van der Waals surface area (Å²) in [5.41, 5.74) is 6.32. The Kier molecular flexibility index (Phi) is 6.08. The zero-order valence-electron chi connectivity index (χ0n) is 20.0. The number of benzene rings is 3. The predicted octanol–water partition coefficient (Wildman–Crippen LogP) is 5.58. The monoisotopic (exact) mass is 479 g/mol. The SMILES string of the molecule is CC(=NCCc1c[nH]c2ccc(C)cc12)c1c(-c2ccccc2)[nH]n(-c2ccc([N+](=O)[O-])cc2)c1=O. The van der Waals surface area contributed by atoms with Crippen LogP contribution in [0.15, 0.2) is 88.8 Å². The first-order valence-electron chi connectivity index (χ1n) is 11.7. The number of aliphatic imine (C=N–C) groups is 1. The molecule has 5 rings (SSSR count). The van der Waals surface area contributed by atoms with Crippen molar-refractivity contribution in [3.8, 4) is 16.9 Å². The summed E-state index contributed by atoms with van der Waals surface area (Å²) in [5, 5.41) is 15.4. The van der Waals surface area contributed by atoms with E-state index in [9.17, 15) is 14.9 Å². The zero-order valence-corrected chi connectivity index (χ0v) is 20.0. The molecule has 0 fully saturated rings. The van der Waals surface area contributed by atoms with Crippen molar-refractivity contribution in [2.24, 2.45) is 4.99 Å². The van der Waals surface area contributed by atoms with Gasteiger partial charge < -0.3 is 4.98 Å². The van der Waals surface area contributed by atoms with Crippen LogP contribution in [0.4, 0.5) is 5.69 Å². The molecular formula is C28H25N5O3. The van der Waals surface area contributed by atoms with Gasteiger partial charge in [-0.1, -0.05) is 42.0 Å². The molecule has 36 heavy (non-hydrogen) atoms. The molecule has 5 aromatic rings. The molecule has 0 radical (unpaired) electrons. The van der Waals surface area contributed by atoms with Crippen molar-refractivity contribution in [2.45, 2.75) is 20.3 Å². The van der Waals surface area contributed by atoms with Gasteiger partial charge in [0.25, 0.3) is 11.2 Å². The lowest BCUT2D eigenvalue weighted by molar-refractivity contribution is -0.384. The minimum atomic E-state index is -0.464. The molecule has 0 unspecified atom stereocenters. The zero-order chi connectivity index (χ0) is 25.2. The number of nitrogens with zero attached hydrogens (tertiary/aromatic N) is 3. The van der Waals surface area contributed by atoms with Crippen molar-refractivity contribution in [3.05, 3.63) is 116 Å². The van der Waals surface area contributed by atoms with Crippen LogP contribution in [0.1, 0.15) is 23.6 Å². The molecule has 0 bridgehead atoms. The second-order valence-corrected chi connectivity index (χ2v) is 8.72. The largest absolute Gasteiger partial charge is 0.361 e. The number of aryl methyl sites for hydroxylation is 1. The topological polar surface area (TPSA) is 109 Å². The molecular weight excluding hydrogens is 454 g/mol. The molecule has 3 aromatic carbocycles. The van der Waals surface area contributed by atoms with Crippen molar-refractivity contribution in [3.63, 3.8) is 0 Å². The Labute approximate surface area is 207 Å². The van der Waals surface area contributed by atoms with Crippen LogP contribution in [0.2, 0.25) is 0 Å². The van der Waals surface area contributed by atoms with Crippen LogP contribution in [0, 0.1) is 17.0 Å². The minimum absolute atomic E-state index is 0.0351.